The minimum atomic E-state index is -1.10. The van der Waals surface area contributed by atoms with Crippen molar-refractivity contribution < 1.29 is 4.74 Å². The second-order valence-corrected chi connectivity index (χ2v) is 6.90. The molecule has 0 spiro atoms. The number of aryl methyl sites for hydroxylation is 1. The summed E-state index contributed by atoms with van der Waals surface area (Å²) in [6, 6.07) is 12.3. The van der Waals surface area contributed by atoms with Crippen LogP contribution in [0.2, 0.25) is 10.0 Å². The molecule has 10 heteroatoms. The first-order chi connectivity index (χ1) is 13.5. The lowest BCUT2D eigenvalue weighted by Crippen LogP contribution is -2.25. The van der Waals surface area contributed by atoms with Crippen molar-refractivity contribution in [2.75, 3.05) is 0 Å². The Bertz CT molecular complexity index is 1120. The molecule has 0 bridgehead atoms. The lowest BCUT2D eigenvalue weighted by atomic mass is 10.0. The minimum Gasteiger partial charge on any atom is -0.340 e. The number of ether oxygens (including phenoxy) is 1. The van der Waals surface area contributed by atoms with Crippen LogP contribution in [0.25, 0.3) is 5.69 Å². The Morgan fingerprint density at radius 1 is 1.11 bits per heavy atom. The van der Waals surface area contributed by atoms with Gasteiger partial charge in [0.1, 0.15) is 0 Å². The Hall–Kier alpha value is -2.81. The summed E-state index contributed by atoms with van der Waals surface area (Å²) in [5, 5.41) is 16.8. The van der Waals surface area contributed by atoms with Crippen LogP contribution in [0.15, 0.2) is 69.8 Å². The maximum atomic E-state index is 12.3. The summed E-state index contributed by atoms with van der Waals surface area (Å²) >= 11 is 12.4. The van der Waals surface area contributed by atoms with E-state index >= 15 is 0 Å². The van der Waals surface area contributed by atoms with Crippen LogP contribution in [0.1, 0.15) is 11.1 Å². The third kappa shape index (κ3) is 3.26. The Balaban J connectivity index is 1.71. The SMILES string of the molecule is Cn1nnn(-c2cccc(Cl)c2COC2(c3ccc(Cl)cc3)C=CN=N2)c1=O. The van der Waals surface area contributed by atoms with Crippen molar-refractivity contribution >= 4 is 23.2 Å². The summed E-state index contributed by atoms with van der Waals surface area (Å²) in [6.07, 6.45) is 3.30. The van der Waals surface area contributed by atoms with Gasteiger partial charge in [-0.1, -0.05) is 41.4 Å². The van der Waals surface area contributed by atoms with E-state index in [0.29, 0.717) is 21.3 Å². The van der Waals surface area contributed by atoms with Crippen molar-refractivity contribution in [2.24, 2.45) is 17.3 Å². The number of hydrogen-bond donors (Lipinski definition) is 0. The molecular formula is C18H14Cl2N6O2. The van der Waals surface area contributed by atoms with E-state index in [0.717, 1.165) is 10.2 Å². The molecular weight excluding hydrogens is 403 g/mol. The van der Waals surface area contributed by atoms with E-state index in [1.54, 1.807) is 42.6 Å². The highest BCUT2D eigenvalue weighted by atomic mass is 35.5. The summed E-state index contributed by atoms with van der Waals surface area (Å²) in [7, 11) is 1.52. The van der Waals surface area contributed by atoms with Gasteiger partial charge in [0, 0.05) is 28.2 Å². The zero-order valence-corrected chi connectivity index (χ0v) is 16.2. The standard InChI is InChI=1S/C18H14Cl2N6O2/c1-25-17(27)26(24-23-25)16-4-2-3-15(20)14(16)11-28-18(9-10-21-22-18)12-5-7-13(19)8-6-12/h2-10H,11H2,1H3. The van der Waals surface area contributed by atoms with Gasteiger partial charge in [0.2, 0.25) is 5.72 Å². The van der Waals surface area contributed by atoms with E-state index < -0.39 is 11.4 Å². The van der Waals surface area contributed by atoms with Gasteiger partial charge in [-0.15, -0.1) is 5.11 Å². The summed E-state index contributed by atoms with van der Waals surface area (Å²) in [4.78, 5) is 12.3. The quantitative estimate of drug-likeness (QED) is 0.635. The highest BCUT2D eigenvalue weighted by Gasteiger charge is 2.33. The summed E-state index contributed by atoms with van der Waals surface area (Å²) in [5.41, 5.74) is 0.330. The van der Waals surface area contributed by atoms with Gasteiger partial charge in [-0.2, -0.15) is 14.5 Å². The molecule has 0 aliphatic carbocycles. The molecule has 0 saturated heterocycles. The predicted molar refractivity (Wildman–Crippen MR) is 104 cm³/mol. The van der Waals surface area contributed by atoms with Crippen LogP contribution in [0, 0.1) is 0 Å². The fraction of sp³-hybridized carbons (Fsp3) is 0.167. The number of azo groups is 1. The summed E-state index contributed by atoms with van der Waals surface area (Å²) in [6.45, 7) is 0.0595. The number of benzene rings is 2. The summed E-state index contributed by atoms with van der Waals surface area (Å²) in [5.74, 6) is 0. The largest absolute Gasteiger partial charge is 0.368 e. The zero-order valence-electron chi connectivity index (χ0n) is 14.7. The molecule has 142 valence electrons. The molecule has 0 saturated carbocycles. The van der Waals surface area contributed by atoms with Crippen LogP contribution in [-0.2, 0) is 24.1 Å². The molecule has 0 amide bonds. The number of hydrogen-bond acceptors (Lipinski definition) is 6. The van der Waals surface area contributed by atoms with Crippen molar-refractivity contribution in [3.8, 4) is 5.69 Å². The average Bonchev–Trinajstić information content (AvgIpc) is 3.29. The van der Waals surface area contributed by atoms with Crippen LogP contribution in [0.3, 0.4) is 0 Å². The number of halogens is 2. The minimum absolute atomic E-state index is 0.0595. The maximum absolute atomic E-state index is 12.3. The number of tetrazole rings is 1. The van der Waals surface area contributed by atoms with Gasteiger partial charge in [0.25, 0.3) is 0 Å². The molecule has 1 unspecified atom stereocenters. The highest BCUT2D eigenvalue weighted by molar-refractivity contribution is 6.31. The van der Waals surface area contributed by atoms with Gasteiger partial charge >= 0.3 is 5.69 Å². The molecule has 8 nitrogen and oxygen atoms in total. The van der Waals surface area contributed by atoms with E-state index in [4.69, 9.17) is 27.9 Å². The first-order valence-electron chi connectivity index (χ1n) is 8.27. The molecule has 3 aromatic rings. The molecule has 0 N–H and O–H groups in total. The molecule has 1 aliphatic heterocycles. The number of rotatable bonds is 5. The van der Waals surface area contributed by atoms with E-state index in [-0.39, 0.29) is 6.61 Å². The normalized spacial score (nSPS) is 18.1. The molecule has 1 aromatic heterocycles. The Morgan fingerprint density at radius 2 is 1.89 bits per heavy atom. The number of aromatic nitrogens is 4. The van der Waals surface area contributed by atoms with E-state index in [2.05, 4.69) is 20.7 Å². The lowest BCUT2D eigenvalue weighted by Gasteiger charge is -2.24. The fourth-order valence-electron chi connectivity index (χ4n) is 2.83. The van der Waals surface area contributed by atoms with E-state index in [9.17, 15) is 4.79 Å². The van der Waals surface area contributed by atoms with Crippen molar-refractivity contribution in [3.63, 3.8) is 0 Å². The van der Waals surface area contributed by atoms with Gasteiger partial charge in [-0.25, -0.2) is 4.79 Å². The first-order valence-corrected chi connectivity index (χ1v) is 9.02. The Morgan fingerprint density at radius 3 is 2.54 bits per heavy atom. The third-order valence-corrected chi connectivity index (χ3v) is 4.92. The molecule has 2 heterocycles. The van der Waals surface area contributed by atoms with Crippen LogP contribution < -0.4 is 5.69 Å². The summed E-state index contributed by atoms with van der Waals surface area (Å²) < 4.78 is 8.45. The maximum Gasteiger partial charge on any atom is 0.368 e. The molecule has 28 heavy (non-hydrogen) atoms. The average molecular weight is 417 g/mol. The Labute approximate surface area is 169 Å². The zero-order chi connectivity index (χ0) is 19.7. The molecule has 4 rings (SSSR count). The van der Waals surface area contributed by atoms with Crippen LogP contribution in [0.4, 0.5) is 0 Å². The van der Waals surface area contributed by atoms with Crippen molar-refractivity contribution in [1.82, 2.24) is 19.8 Å². The second kappa shape index (κ2) is 7.31. The van der Waals surface area contributed by atoms with Crippen LogP contribution in [-0.4, -0.2) is 19.8 Å². The molecule has 0 radical (unpaired) electrons. The lowest BCUT2D eigenvalue weighted by molar-refractivity contribution is -0.0192. The fourth-order valence-corrected chi connectivity index (χ4v) is 3.18. The van der Waals surface area contributed by atoms with Gasteiger partial charge < -0.3 is 4.74 Å². The molecule has 1 atom stereocenters. The van der Waals surface area contributed by atoms with E-state index in [1.807, 2.05) is 12.1 Å². The van der Waals surface area contributed by atoms with Crippen molar-refractivity contribution in [3.05, 3.63) is 86.4 Å². The van der Waals surface area contributed by atoms with Gasteiger partial charge in [-0.3, -0.25) is 0 Å². The predicted octanol–water partition coefficient (Wildman–Crippen LogP) is 3.62. The first kappa shape index (κ1) is 18.5. The Kier molecular flexibility index (Phi) is 4.84. The topological polar surface area (TPSA) is 86.7 Å². The molecule has 1 aliphatic rings. The van der Waals surface area contributed by atoms with Crippen molar-refractivity contribution in [2.45, 2.75) is 12.3 Å². The molecule has 2 aromatic carbocycles. The van der Waals surface area contributed by atoms with Crippen molar-refractivity contribution in [1.29, 1.82) is 0 Å². The smallest absolute Gasteiger partial charge is 0.340 e. The second-order valence-electron chi connectivity index (χ2n) is 6.06. The van der Waals surface area contributed by atoms with E-state index in [1.165, 1.54) is 11.7 Å². The van der Waals surface area contributed by atoms with Gasteiger partial charge in [0.15, 0.2) is 0 Å². The number of nitrogens with zero attached hydrogens (tertiary/aromatic N) is 6. The monoisotopic (exact) mass is 416 g/mol. The van der Waals surface area contributed by atoms with Crippen LogP contribution in [0.5, 0.6) is 0 Å². The van der Waals surface area contributed by atoms with Gasteiger partial charge in [-0.05, 0) is 40.8 Å². The highest BCUT2D eigenvalue weighted by Crippen LogP contribution is 2.36. The van der Waals surface area contributed by atoms with Crippen LogP contribution >= 0.6 is 23.2 Å². The molecule has 0 fully saturated rings. The van der Waals surface area contributed by atoms with Gasteiger partial charge in [0.05, 0.1) is 18.5 Å². The third-order valence-electron chi connectivity index (χ3n) is 4.31.